The minimum Gasteiger partial charge on any atom is -0.469 e. The smallest absolute Gasteiger partial charge is 0.307 e. The summed E-state index contributed by atoms with van der Waals surface area (Å²) in [6.07, 6.45) is 4.60. The molecule has 0 saturated heterocycles. The number of carbonyl (C=O) groups excluding carboxylic acids is 2. The predicted octanol–water partition coefficient (Wildman–Crippen LogP) is 4.03. The first-order valence-corrected chi connectivity index (χ1v) is 8.49. The molecular weight excluding hydrogens is 346 g/mol. The van der Waals surface area contributed by atoms with Crippen molar-refractivity contribution in [1.29, 1.82) is 0 Å². The number of methoxy groups -OCH3 is 1. The van der Waals surface area contributed by atoms with E-state index in [4.69, 9.17) is 0 Å². The average molecular weight is 370 g/mol. The molecule has 4 nitrogen and oxygen atoms in total. The number of amides is 1. The van der Waals surface area contributed by atoms with Gasteiger partial charge in [-0.2, -0.15) is 0 Å². The molecule has 0 fully saturated rings. The monoisotopic (exact) mass is 369 g/mol. The molecule has 0 bridgehead atoms. The van der Waals surface area contributed by atoms with E-state index < -0.39 is 0 Å². The first-order valence-electron chi connectivity index (χ1n) is 7.70. The molecule has 0 saturated carbocycles. The number of hydrogen-bond donors (Lipinski definition) is 0. The molecule has 0 radical (unpaired) electrons. The Bertz CT molecular complexity index is 473. The normalized spacial score (nSPS) is 10.3. The van der Waals surface area contributed by atoms with Gasteiger partial charge in [0, 0.05) is 23.1 Å². The highest BCUT2D eigenvalue weighted by molar-refractivity contribution is 9.10. The van der Waals surface area contributed by atoms with Gasteiger partial charge < -0.3 is 9.64 Å². The lowest BCUT2D eigenvalue weighted by atomic mass is 10.1. The van der Waals surface area contributed by atoms with Crippen LogP contribution in [0.2, 0.25) is 0 Å². The number of rotatable bonds is 9. The van der Waals surface area contributed by atoms with Crippen LogP contribution in [0.4, 0.5) is 0 Å². The molecule has 0 heterocycles. The van der Waals surface area contributed by atoms with Gasteiger partial charge >= 0.3 is 5.97 Å². The van der Waals surface area contributed by atoms with Gasteiger partial charge in [-0.3, -0.25) is 9.59 Å². The molecule has 122 valence electrons. The molecule has 0 N–H and O–H groups in total. The van der Waals surface area contributed by atoms with E-state index in [1.807, 2.05) is 12.1 Å². The quantitative estimate of drug-likeness (QED) is 0.487. The largest absolute Gasteiger partial charge is 0.469 e. The Morgan fingerprint density at radius 3 is 2.36 bits per heavy atom. The van der Waals surface area contributed by atoms with Crippen molar-refractivity contribution in [2.24, 2.45) is 0 Å². The Balaban J connectivity index is 2.67. The number of unbranched alkanes of at least 4 members (excludes halogenated alkanes) is 3. The molecule has 0 aliphatic heterocycles. The van der Waals surface area contributed by atoms with Crippen LogP contribution in [0.25, 0.3) is 0 Å². The highest BCUT2D eigenvalue weighted by atomic mass is 79.9. The summed E-state index contributed by atoms with van der Waals surface area (Å²) in [4.78, 5) is 25.7. The molecule has 0 aliphatic carbocycles. The van der Waals surface area contributed by atoms with Crippen molar-refractivity contribution in [2.45, 2.75) is 39.0 Å². The molecular formula is C17H24BrNO3. The van der Waals surface area contributed by atoms with Crippen LogP contribution in [0.1, 0.15) is 49.4 Å². The van der Waals surface area contributed by atoms with E-state index >= 15 is 0 Å². The maximum atomic E-state index is 12.6. The topological polar surface area (TPSA) is 46.6 Å². The third-order valence-corrected chi connectivity index (χ3v) is 4.00. The van der Waals surface area contributed by atoms with E-state index in [0.29, 0.717) is 18.7 Å². The van der Waals surface area contributed by atoms with Crippen LogP contribution >= 0.6 is 15.9 Å². The van der Waals surface area contributed by atoms with E-state index in [9.17, 15) is 9.59 Å². The summed E-state index contributed by atoms with van der Waals surface area (Å²) in [5.41, 5.74) is 0.642. The lowest BCUT2D eigenvalue weighted by Gasteiger charge is -2.22. The van der Waals surface area contributed by atoms with Crippen molar-refractivity contribution in [1.82, 2.24) is 4.90 Å². The third-order valence-electron chi connectivity index (χ3n) is 3.47. The molecule has 1 aromatic rings. The second-order valence-electron chi connectivity index (χ2n) is 5.19. The van der Waals surface area contributed by atoms with Crippen molar-refractivity contribution in [2.75, 3.05) is 20.2 Å². The van der Waals surface area contributed by atoms with Gasteiger partial charge in [0.1, 0.15) is 0 Å². The number of esters is 1. The number of carbonyl (C=O) groups is 2. The zero-order valence-electron chi connectivity index (χ0n) is 13.3. The number of nitrogens with zero attached hydrogens (tertiary/aromatic N) is 1. The van der Waals surface area contributed by atoms with Crippen LogP contribution in [0.5, 0.6) is 0 Å². The fraction of sp³-hybridized carbons (Fsp3) is 0.529. The van der Waals surface area contributed by atoms with Crippen LogP contribution in [0.3, 0.4) is 0 Å². The van der Waals surface area contributed by atoms with Gasteiger partial charge in [0.2, 0.25) is 0 Å². The summed E-state index contributed by atoms with van der Waals surface area (Å²) in [5, 5.41) is 0. The Morgan fingerprint density at radius 2 is 1.77 bits per heavy atom. The Kier molecular flexibility index (Phi) is 8.82. The van der Waals surface area contributed by atoms with Crippen LogP contribution in [-0.4, -0.2) is 37.0 Å². The van der Waals surface area contributed by atoms with Crippen molar-refractivity contribution in [3.05, 3.63) is 34.3 Å². The molecule has 0 aliphatic rings. The minimum absolute atomic E-state index is 0.0344. The van der Waals surface area contributed by atoms with Crippen LogP contribution in [0, 0.1) is 0 Å². The Morgan fingerprint density at radius 1 is 1.09 bits per heavy atom. The second-order valence-corrected chi connectivity index (χ2v) is 6.10. The van der Waals surface area contributed by atoms with Crippen LogP contribution < -0.4 is 0 Å². The van der Waals surface area contributed by atoms with Gasteiger partial charge in [-0.15, -0.1) is 0 Å². The average Bonchev–Trinajstić information content (AvgIpc) is 2.54. The first-order chi connectivity index (χ1) is 10.6. The highest BCUT2D eigenvalue weighted by Crippen LogP contribution is 2.13. The fourth-order valence-electron chi connectivity index (χ4n) is 2.15. The van der Waals surface area contributed by atoms with Crippen molar-refractivity contribution >= 4 is 27.8 Å². The summed E-state index contributed by atoms with van der Waals surface area (Å²) in [6, 6.07) is 7.29. The molecule has 1 amide bonds. The molecule has 5 heteroatoms. The summed E-state index contributed by atoms with van der Waals surface area (Å²) >= 11 is 3.36. The summed E-state index contributed by atoms with van der Waals surface area (Å²) in [5.74, 6) is -0.324. The van der Waals surface area contributed by atoms with E-state index in [1.54, 1.807) is 17.0 Å². The number of hydrogen-bond acceptors (Lipinski definition) is 3. The Hall–Kier alpha value is -1.36. The van der Waals surface area contributed by atoms with Gasteiger partial charge in [0.15, 0.2) is 0 Å². The molecule has 22 heavy (non-hydrogen) atoms. The summed E-state index contributed by atoms with van der Waals surface area (Å²) in [7, 11) is 1.37. The molecule has 0 atom stereocenters. The van der Waals surface area contributed by atoms with Crippen LogP contribution in [0.15, 0.2) is 28.7 Å². The molecule has 0 aromatic heterocycles. The molecule has 1 rings (SSSR count). The summed E-state index contributed by atoms with van der Waals surface area (Å²) < 4.78 is 5.60. The highest BCUT2D eigenvalue weighted by Gasteiger charge is 2.16. The van der Waals surface area contributed by atoms with Gasteiger partial charge in [0.05, 0.1) is 13.5 Å². The van der Waals surface area contributed by atoms with Gasteiger partial charge in [0.25, 0.3) is 5.91 Å². The molecule has 0 unspecified atom stereocenters. The maximum absolute atomic E-state index is 12.6. The second kappa shape index (κ2) is 10.4. The van der Waals surface area contributed by atoms with Crippen molar-refractivity contribution < 1.29 is 14.3 Å². The summed E-state index contributed by atoms with van der Waals surface area (Å²) in [6.45, 7) is 3.22. The zero-order chi connectivity index (χ0) is 16.4. The van der Waals surface area contributed by atoms with E-state index in [-0.39, 0.29) is 18.3 Å². The van der Waals surface area contributed by atoms with Crippen molar-refractivity contribution in [3.8, 4) is 0 Å². The molecule has 0 spiro atoms. The standard InChI is InChI=1S/C17H24BrNO3/c1-3-4-5-6-12-19(13-11-16(20)22-2)17(21)14-7-9-15(18)10-8-14/h7-10H,3-6,11-13H2,1-2H3. The zero-order valence-corrected chi connectivity index (χ0v) is 14.9. The third kappa shape index (κ3) is 6.60. The van der Waals surface area contributed by atoms with Crippen molar-refractivity contribution in [3.63, 3.8) is 0 Å². The van der Waals surface area contributed by atoms with Gasteiger partial charge in [-0.1, -0.05) is 42.1 Å². The van der Waals surface area contributed by atoms with Gasteiger partial charge in [-0.05, 0) is 30.7 Å². The number of benzene rings is 1. The van der Waals surface area contributed by atoms with E-state index in [1.165, 1.54) is 7.11 Å². The number of ether oxygens (including phenoxy) is 1. The van der Waals surface area contributed by atoms with Crippen LogP contribution in [-0.2, 0) is 9.53 Å². The SMILES string of the molecule is CCCCCCN(CCC(=O)OC)C(=O)c1ccc(Br)cc1. The number of halogens is 1. The maximum Gasteiger partial charge on any atom is 0.307 e. The lowest BCUT2D eigenvalue weighted by Crippen LogP contribution is -2.34. The molecule has 1 aromatic carbocycles. The predicted molar refractivity (Wildman–Crippen MR) is 90.8 cm³/mol. The first kappa shape index (κ1) is 18.7. The van der Waals surface area contributed by atoms with E-state index in [0.717, 1.165) is 30.2 Å². The fourth-order valence-corrected chi connectivity index (χ4v) is 2.41. The lowest BCUT2D eigenvalue weighted by molar-refractivity contribution is -0.140. The van der Waals surface area contributed by atoms with Gasteiger partial charge in [-0.25, -0.2) is 0 Å². The Labute approximate surface area is 141 Å². The minimum atomic E-state index is -0.290. The van der Waals surface area contributed by atoms with E-state index in [2.05, 4.69) is 27.6 Å².